The molecule has 1 aliphatic heterocycles. The Balaban J connectivity index is 1.25. The summed E-state index contributed by atoms with van der Waals surface area (Å²) >= 11 is 0. The number of benzene rings is 2. The summed E-state index contributed by atoms with van der Waals surface area (Å²) < 4.78 is 18.9. The summed E-state index contributed by atoms with van der Waals surface area (Å²) in [6.45, 7) is 2.76. The van der Waals surface area contributed by atoms with Crippen LogP contribution >= 0.6 is 0 Å². The number of hydrogen-bond donors (Lipinski definition) is 2. The predicted octanol–water partition coefficient (Wildman–Crippen LogP) is 3.93. The summed E-state index contributed by atoms with van der Waals surface area (Å²) in [5.41, 5.74) is 2.24. The molecule has 0 unspecified atom stereocenters. The first-order valence-corrected chi connectivity index (χ1v) is 9.54. The molecule has 1 aliphatic rings. The van der Waals surface area contributed by atoms with Crippen molar-refractivity contribution in [3.63, 3.8) is 0 Å². The lowest BCUT2D eigenvalue weighted by molar-refractivity contribution is 0.0599. The normalized spacial score (nSPS) is 17.3. The molecule has 0 saturated carbocycles. The first kappa shape index (κ1) is 18.0. The molecule has 2 aromatic carbocycles. The fourth-order valence-electron chi connectivity index (χ4n) is 3.90. The van der Waals surface area contributed by atoms with Crippen LogP contribution < -0.4 is 4.74 Å². The molecule has 1 saturated heterocycles. The van der Waals surface area contributed by atoms with Gasteiger partial charge >= 0.3 is 0 Å². The average molecular weight is 368 g/mol. The number of aromatic nitrogens is 1. The summed E-state index contributed by atoms with van der Waals surface area (Å²) in [4.78, 5) is 5.45. The molecule has 0 spiro atoms. The lowest BCUT2D eigenvalue weighted by atomic mass is 9.89. The van der Waals surface area contributed by atoms with E-state index < -0.39 is 6.10 Å². The molecule has 1 fully saturated rings. The minimum atomic E-state index is -0.526. The SMILES string of the molecule is O[C@H](COc1cccc2[nH]ccc12)CN1CCC(c2ccc(F)cc2)CC1. The second kappa shape index (κ2) is 8.11. The predicted molar refractivity (Wildman–Crippen MR) is 105 cm³/mol. The molecule has 0 bridgehead atoms. The molecule has 4 rings (SSSR count). The number of nitrogens with one attached hydrogen (secondary N) is 1. The van der Waals surface area contributed by atoms with Gasteiger partial charge in [0.1, 0.15) is 24.3 Å². The van der Waals surface area contributed by atoms with Gasteiger partial charge in [-0.05, 0) is 67.7 Å². The van der Waals surface area contributed by atoms with Crippen LogP contribution in [0.3, 0.4) is 0 Å². The molecule has 0 aliphatic carbocycles. The van der Waals surface area contributed by atoms with E-state index in [-0.39, 0.29) is 12.4 Å². The minimum absolute atomic E-state index is 0.186. The lowest BCUT2D eigenvalue weighted by Crippen LogP contribution is -2.40. The maximum absolute atomic E-state index is 13.1. The van der Waals surface area contributed by atoms with Crippen molar-refractivity contribution in [2.45, 2.75) is 24.9 Å². The third-order valence-corrected chi connectivity index (χ3v) is 5.38. The van der Waals surface area contributed by atoms with Gasteiger partial charge < -0.3 is 19.7 Å². The second-order valence-corrected chi connectivity index (χ2v) is 7.29. The van der Waals surface area contributed by atoms with Gasteiger partial charge in [-0.1, -0.05) is 18.2 Å². The first-order valence-electron chi connectivity index (χ1n) is 9.54. The van der Waals surface area contributed by atoms with E-state index >= 15 is 0 Å². The van der Waals surface area contributed by atoms with E-state index in [0.29, 0.717) is 12.5 Å². The number of rotatable bonds is 6. The van der Waals surface area contributed by atoms with Crippen molar-refractivity contribution in [1.82, 2.24) is 9.88 Å². The molecule has 1 aromatic heterocycles. The number of fused-ring (bicyclic) bond motifs is 1. The Morgan fingerprint density at radius 1 is 1.11 bits per heavy atom. The largest absolute Gasteiger partial charge is 0.490 e. The van der Waals surface area contributed by atoms with Crippen LogP contribution in [0.4, 0.5) is 4.39 Å². The number of aromatic amines is 1. The molecular weight excluding hydrogens is 343 g/mol. The van der Waals surface area contributed by atoms with Crippen molar-refractivity contribution in [3.8, 4) is 5.75 Å². The maximum atomic E-state index is 13.1. The van der Waals surface area contributed by atoms with Gasteiger partial charge in [-0.2, -0.15) is 0 Å². The Kier molecular flexibility index (Phi) is 5.41. The molecule has 1 atom stereocenters. The van der Waals surface area contributed by atoms with Crippen LogP contribution in [-0.2, 0) is 0 Å². The third kappa shape index (κ3) is 4.31. The Morgan fingerprint density at radius 2 is 1.89 bits per heavy atom. The van der Waals surface area contributed by atoms with Crippen LogP contribution in [0.15, 0.2) is 54.7 Å². The molecule has 4 nitrogen and oxygen atoms in total. The molecule has 2 heterocycles. The van der Waals surface area contributed by atoms with Crippen molar-refractivity contribution in [1.29, 1.82) is 0 Å². The van der Waals surface area contributed by atoms with Crippen LogP contribution in [0.2, 0.25) is 0 Å². The van der Waals surface area contributed by atoms with Crippen LogP contribution in [0.5, 0.6) is 5.75 Å². The molecular formula is C22H25FN2O2. The van der Waals surface area contributed by atoms with E-state index in [2.05, 4.69) is 9.88 Å². The molecule has 142 valence electrons. The summed E-state index contributed by atoms with van der Waals surface area (Å²) in [5.74, 6) is 1.08. The van der Waals surface area contributed by atoms with Crippen LogP contribution in [0.1, 0.15) is 24.3 Å². The highest BCUT2D eigenvalue weighted by molar-refractivity contribution is 5.85. The van der Waals surface area contributed by atoms with Crippen molar-refractivity contribution in [2.75, 3.05) is 26.2 Å². The Hall–Kier alpha value is -2.37. The first-order chi connectivity index (χ1) is 13.2. The molecule has 3 aromatic rings. The van der Waals surface area contributed by atoms with Crippen molar-refractivity contribution >= 4 is 10.9 Å². The second-order valence-electron chi connectivity index (χ2n) is 7.29. The van der Waals surface area contributed by atoms with E-state index in [1.54, 1.807) is 0 Å². The van der Waals surface area contributed by atoms with Crippen LogP contribution in [0.25, 0.3) is 10.9 Å². The summed E-state index contributed by atoms with van der Waals surface area (Å²) in [6, 6.07) is 14.7. The fraction of sp³-hybridized carbons (Fsp3) is 0.364. The minimum Gasteiger partial charge on any atom is -0.490 e. The van der Waals surface area contributed by atoms with Gasteiger partial charge in [0, 0.05) is 23.6 Å². The smallest absolute Gasteiger partial charge is 0.128 e. The van der Waals surface area contributed by atoms with Gasteiger partial charge in [0.25, 0.3) is 0 Å². The molecule has 0 radical (unpaired) electrons. The lowest BCUT2D eigenvalue weighted by Gasteiger charge is -2.33. The van der Waals surface area contributed by atoms with E-state index in [0.717, 1.165) is 42.6 Å². The molecule has 2 N–H and O–H groups in total. The number of β-amino-alcohol motifs (C(OH)–C–C–N with tert-alkyl or cyclic N) is 1. The number of aliphatic hydroxyl groups is 1. The van der Waals surface area contributed by atoms with Crippen molar-refractivity contribution < 1.29 is 14.2 Å². The zero-order chi connectivity index (χ0) is 18.6. The highest BCUT2D eigenvalue weighted by atomic mass is 19.1. The summed E-state index contributed by atoms with van der Waals surface area (Å²) in [6.07, 6.45) is 3.42. The Labute approximate surface area is 158 Å². The monoisotopic (exact) mass is 368 g/mol. The fourth-order valence-corrected chi connectivity index (χ4v) is 3.90. The van der Waals surface area contributed by atoms with Crippen LogP contribution in [-0.4, -0.2) is 47.3 Å². The van der Waals surface area contributed by atoms with E-state index in [1.807, 2.05) is 42.6 Å². The van der Waals surface area contributed by atoms with E-state index in [4.69, 9.17) is 4.74 Å². The molecule has 0 amide bonds. The van der Waals surface area contributed by atoms with Crippen LogP contribution in [0, 0.1) is 5.82 Å². The van der Waals surface area contributed by atoms with E-state index in [9.17, 15) is 9.50 Å². The highest BCUT2D eigenvalue weighted by Gasteiger charge is 2.22. The number of likely N-dealkylation sites (tertiary alicyclic amines) is 1. The number of H-pyrrole nitrogens is 1. The number of nitrogens with zero attached hydrogens (tertiary/aromatic N) is 1. The third-order valence-electron chi connectivity index (χ3n) is 5.38. The average Bonchev–Trinajstić information content (AvgIpc) is 3.17. The van der Waals surface area contributed by atoms with Crippen molar-refractivity contribution in [3.05, 3.63) is 66.1 Å². The van der Waals surface area contributed by atoms with Gasteiger partial charge in [-0.25, -0.2) is 4.39 Å². The number of piperidine rings is 1. The standard InChI is InChI=1S/C22H25FN2O2/c23-18-6-4-16(5-7-18)17-9-12-25(13-10-17)14-19(26)15-27-22-3-1-2-21-20(22)8-11-24-21/h1-8,11,17,19,24,26H,9-10,12-15H2/t19-/m0/s1. The maximum Gasteiger partial charge on any atom is 0.128 e. The number of hydrogen-bond acceptors (Lipinski definition) is 3. The Morgan fingerprint density at radius 3 is 2.67 bits per heavy atom. The number of ether oxygens (including phenoxy) is 1. The molecule has 27 heavy (non-hydrogen) atoms. The zero-order valence-electron chi connectivity index (χ0n) is 15.3. The summed E-state index contributed by atoms with van der Waals surface area (Å²) in [7, 11) is 0. The summed E-state index contributed by atoms with van der Waals surface area (Å²) in [5, 5.41) is 11.4. The van der Waals surface area contributed by atoms with Gasteiger partial charge in [0.2, 0.25) is 0 Å². The molecule has 5 heteroatoms. The zero-order valence-corrected chi connectivity index (χ0v) is 15.3. The van der Waals surface area contributed by atoms with Gasteiger partial charge in [-0.3, -0.25) is 0 Å². The highest BCUT2D eigenvalue weighted by Crippen LogP contribution is 2.28. The van der Waals surface area contributed by atoms with Gasteiger partial charge in [0.05, 0.1) is 0 Å². The van der Waals surface area contributed by atoms with Crippen molar-refractivity contribution in [2.24, 2.45) is 0 Å². The quantitative estimate of drug-likeness (QED) is 0.693. The number of aliphatic hydroxyl groups excluding tert-OH is 1. The number of halogens is 1. The topological polar surface area (TPSA) is 48.5 Å². The van der Waals surface area contributed by atoms with Gasteiger partial charge in [0.15, 0.2) is 0 Å². The van der Waals surface area contributed by atoms with Gasteiger partial charge in [-0.15, -0.1) is 0 Å². The van der Waals surface area contributed by atoms with E-state index in [1.165, 1.54) is 17.7 Å². The Bertz CT molecular complexity index is 869.